The van der Waals surface area contributed by atoms with Crippen molar-refractivity contribution in [2.24, 2.45) is 0 Å². The summed E-state index contributed by atoms with van der Waals surface area (Å²) in [6, 6.07) is 2.36. The predicted octanol–water partition coefficient (Wildman–Crippen LogP) is 3.34. The van der Waals surface area contributed by atoms with Gasteiger partial charge in [-0.3, -0.25) is 10.1 Å². The summed E-state index contributed by atoms with van der Waals surface area (Å²) in [5.41, 5.74) is -1.19. The van der Waals surface area contributed by atoms with E-state index < -0.39 is 16.7 Å². The van der Waals surface area contributed by atoms with Crippen LogP contribution in [0.3, 0.4) is 0 Å². The molecule has 0 spiro atoms. The van der Waals surface area contributed by atoms with E-state index in [0.29, 0.717) is 6.07 Å². The molecule has 0 amide bonds. The minimum atomic E-state index is -4.47. The Morgan fingerprint density at radius 2 is 2.00 bits per heavy atom. The Balaban J connectivity index is 3.25. The number of hydrogen-bond donors (Lipinski definition) is 0. The maximum absolute atomic E-state index is 12.3. The van der Waals surface area contributed by atoms with Crippen LogP contribution in [0.5, 0.6) is 0 Å². The quantitative estimate of drug-likeness (QED) is 0.450. The number of thioether (sulfide) groups is 1. The van der Waals surface area contributed by atoms with E-state index in [0.717, 1.165) is 23.9 Å². The molecule has 0 aliphatic rings. The molecule has 0 saturated heterocycles. The van der Waals surface area contributed by atoms with Crippen molar-refractivity contribution in [3.63, 3.8) is 0 Å². The number of rotatable bonds is 2. The number of nitro groups is 1. The van der Waals surface area contributed by atoms with Crippen molar-refractivity contribution in [3.05, 3.63) is 33.9 Å². The number of nitro benzene ring substituents is 1. The molecule has 0 aliphatic heterocycles. The van der Waals surface area contributed by atoms with Crippen LogP contribution in [0.25, 0.3) is 0 Å². The average molecular weight is 237 g/mol. The first-order valence-corrected chi connectivity index (χ1v) is 4.98. The molecule has 82 valence electrons. The van der Waals surface area contributed by atoms with Gasteiger partial charge in [-0.2, -0.15) is 13.2 Å². The third-order valence-corrected chi connectivity index (χ3v) is 2.47. The van der Waals surface area contributed by atoms with Crippen LogP contribution in [0, 0.1) is 10.1 Å². The fourth-order valence-electron chi connectivity index (χ4n) is 1.00. The summed E-state index contributed by atoms with van der Waals surface area (Å²) in [4.78, 5) is 9.76. The molecule has 0 N–H and O–H groups in total. The van der Waals surface area contributed by atoms with Gasteiger partial charge in [-0.15, -0.1) is 11.8 Å². The molecule has 1 rings (SSSR count). The van der Waals surface area contributed by atoms with E-state index in [-0.39, 0.29) is 10.6 Å². The summed E-state index contributed by atoms with van der Waals surface area (Å²) in [5.74, 6) is 0. The van der Waals surface area contributed by atoms with Crippen molar-refractivity contribution in [2.75, 3.05) is 6.26 Å². The molecular weight excluding hydrogens is 231 g/mol. The Morgan fingerprint density at radius 1 is 1.40 bits per heavy atom. The van der Waals surface area contributed by atoms with Gasteiger partial charge in [0.05, 0.1) is 15.4 Å². The van der Waals surface area contributed by atoms with E-state index >= 15 is 0 Å². The summed E-state index contributed by atoms with van der Waals surface area (Å²) >= 11 is 0.912. The first-order valence-electron chi connectivity index (χ1n) is 3.76. The maximum Gasteiger partial charge on any atom is 0.416 e. The molecule has 0 aliphatic carbocycles. The van der Waals surface area contributed by atoms with Crippen molar-refractivity contribution < 1.29 is 18.1 Å². The van der Waals surface area contributed by atoms with Crippen molar-refractivity contribution in [3.8, 4) is 0 Å². The zero-order valence-corrected chi connectivity index (χ0v) is 8.35. The van der Waals surface area contributed by atoms with E-state index in [9.17, 15) is 23.3 Å². The molecular formula is C8H6F3NO2S. The first-order chi connectivity index (χ1) is 6.86. The van der Waals surface area contributed by atoms with Crippen LogP contribution in [-0.2, 0) is 6.18 Å². The smallest absolute Gasteiger partial charge is 0.258 e. The topological polar surface area (TPSA) is 43.1 Å². The minimum Gasteiger partial charge on any atom is -0.258 e. The van der Waals surface area contributed by atoms with Gasteiger partial charge in [0.25, 0.3) is 5.69 Å². The first kappa shape index (κ1) is 11.8. The monoisotopic (exact) mass is 237 g/mol. The van der Waals surface area contributed by atoms with Crippen molar-refractivity contribution >= 4 is 17.4 Å². The highest BCUT2D eigenvalue weighted by atomic mass is 32.2. The molecule has 0 atom stereocenters. The van der Waals surface area contributed by atoms with Crippen LogP contribution in [0.2, 0.25) is 0 Å². The van der Waals surface area contributed by atoms with E-state index in [2.05, 4.69) is 0 Å². The maximum atomic E-state index is 12.3. The Labute approximate surface area is 87.4 Å². The van der Waals surface area contributed by atoms with Gasteiger partial charge in [0.2, 0.25) is 0 Å². The Kier molecular flexibility index (Phi) is 3.23. The van der Waals surface area contributed by atoms with Gasteiger partial charge in [-0.05, 0) is 18.4 Å². The fraction of sp³-hybridized carbons (Fsp3) is 0.250. The second-order valence-electron chi connectivity index (χ2n) is 2.64. The van der Waals surface area contributed by atoms with Crippen LogP contribution in [0.4, 0.5) is 18.9 Å². The molecule has 0 fully saturated rings. The average Bonchev–Trinajstić information content (AvgIpc) is 2.15. The second kappa shape index (κ2) is 4.09. The van der Waals surface area contributed by atoms with Gasteiger partial charge in [0.15, 0.2) is 0 Å². The lowest BCUT2D eigenvalue weighted by atomic mass is 10.2. The Bertz CT molecular complexity index is 392. The van der Waals surface area contributed by atoms with Crippen LogP contribution >= 0.6 is 11.8 Å². The van der Waals surface area contributed by atoms with Crippen LogP contribution in [0.15, 0.2) is 23.1 Å². The van der Waals surface area contributed by atoms with Gasteiger partial charge in [-0.1, -0.05) is 0 Å². The molecule has 0 heterocycles. The molecule has 1 aromatic rings. The summed E-state index contributed by atoms with van der Waals surface area (Å²) in [5, 5.41) is 10.5. The molecule has 7 heteroatoms. The van der Waals surface area contributed by atoms with Crippen molar-refractivity contribution in [1.29, 1.82) is 0 Å². The van der Waals surface area contributed by atoms with Gasteiger partial charge in [0.1, 0.15) is 0 Å². The third kappa shape index (κ3) is 2.62. The minimum absolute atomic E-state index is 0.00910. The Hall–Kier alpha value is -1.24. The van der Waals surface area contributed by atoms with E-state index in [4.69, 9.17) is 0 Å². The molecule has 0 radical (unpaired) electrons. The van der Waals surface area contributed by atoms with E-state index in [1.54, 1.807) is 0 Å². The van der Waals surface area contributed by atoms with Gasteiger partial charge < -0.3 is 0 Å². The predicted molar refractivity (Wildman–Crippen MR) is 49.9 cm³/mol. The zero-order valence-electron chi connectivity index (χ0n) is 7.54. The standard InChI is InChI=1S/C8H6F3NO2S/c1-15-7-4-5(8(9,10)11)2-3-6(7)12(13)14/h2-4H,1H3. The summed E-state index contributed by atoms with van der Waals surface area (Å²) < 4.78 is 36.8. The summed E-state index contributed by atoms with van der Waals surface area (Å²) in [6.07, 6.45) is -2.98. The van der Waals surface area contributed by atoms with Crippen LogP contribution in [0.1, 0.15) is 5.56 Å². The molecule has 15 heavy (non-hydrogen) atoms. The number of alkyl halides is 3. The molecule has 0 saturated carbocycles. The summed E-state index contributed by atoms with van der Waals surface area (Å²) in [7, 11) is 0. The highest BCUT2D eigenvalue weighted by Crippen LogP contribution is 2.35. The highest BCUT2D eigenvalue weighted by Gasteiger charge is 2.32. The number of benzene rings is 1. The molecule has 1 aromatic carbocycles. The molecule has 3 nitrogen and oxygen atoms in total. The van der Waals surface area contributed by atoms with Crippen LogP contribution in [-0.4, -0.2) is 11.2 Å². The number of hydrogen-bond acceptors (Lipinski definition) is 3. The molecule has 0 aromatic heterocycles. The molecule has 0 unspecified atom stereocenters. The normalized spacial score (nSPS) is 11.5. The fourth-order valence-corrected chi connectivity index (χ4v) is 1.60. The van der Waals surface area contributed by atoms with E-state index in [1.807, 2.05) is 0 Å². The third-order valence-electron chi connectivity index (χ3n) is 1.70. The van der Waals surface area contributed by atoms with Gasteiger partial charge in [0, 0.05) is 6.07 Å². The van der Waals surface area contributed by atoms with E-state index in [1.165, 1.54) is 6.26 Å². The van der Waals surface area contributed by atoms with Gasteiger partial charge in [-0.25, -0.2) is 0 Å². The lowest BCUT2D eigenvalue weighted by molar-refractivity contribution is -0.387. The lowest BCUT2D eigenvalue weighted by Gasteiger charge is -2.07. The zero-order chi connectivity index (χ0) is 11.6. The SMILES string of the molecule is CSc1cc(C(F)(F)F)ccc1[N+](=O)[O-]. The van der Waals surface area contributed by atoms with Crippen molar-refractivity contribution in [1.82, 2.24) is 0 Å². The molecule has 0 bridgehead atoms. The summed E-state index contributed by atoms with van der Waals surface area (Å²) in [6.45, 7) is 0. The van der Waals surface area contributed by atoms with Gasteiger partial charge >= 0.3 is 6.18 Å². The highest BCUT2D eigenvalue weighted by molar-refractivity contribution is 7.98. The Morgan fingerprint density at radius 3 is 2.40 bits per heavy atom. The van der Waals surface area contributed by atoms with Crippen LogP contribution < -0.4 is 0 Å². The largest absolute Gasteiger partial charge is 0.416 e. The second-order valence-corrected chi connectivity index (χ2v) is 3.49. The van der Waals surface area contributed by atoms with Crippen molar-refractivity contribution in [2.45, 2.75) is 11.1 Å². The number of nitrogens with zero attached hydrogens (tertiary/aromatic N) is 1. The lowest BCUT2D eigenvalue weighted by Crippen LogP contribution is -2.05. The number of halogens is 3.